The molecule has 5 rings (SSSR count). The van der Waals surface area contributed by atoms with Crippen molar-refractivity contribution in [3.05, 3.63) is 74.0 Å². The SMILES string of the molecule is Cc1ccc(C)c2c(=O)c3c(S(=O)(=O)O)c4[nH]c5ccccc5c(=O)c4cc3[nH]c12. The second-order valence-electron chi connectivity index (χ2n) is 7.43. The maximum atomic E-state index is 13.4. The lowest BCUT2D eigenvalue weighted by Gasteiger charge is -2.13. The minimum Gasteiger partial charge on any atom is -0.354 e. The number of benzene rings is 3. The summed E-state index contributed by atoms with van der Waals surface area (Å²) in [6, 6.07) is 11.8. The van der Waals surface area contributed by atoms with E-state index in [2.05, 4.69) is 9.97 Å². The van der Waals surface area contributed by atoms with Crippen molar-refractivity contribution in [2.75, 3.05) is 0 Å². The molecule has 0 aliphatic rings. The Balaban J connectivity index is 2.20. The molecule has 0 atom stereocenters. The summed E-state index contributed by atoms with van der Waals surface area (Å²) >= 11 is 0. The minimum atomic E-state index is -4.85. The van der Waals surface area contributed by atoms with Gasteiger partial charge in [-0.2, -0.15) is 8.42 Å². The number of H-pyrrole nitrogens is 2. The Kier molecular flexibility index (Phi) is 3.71. The third kappa shape index (κ3) is 2.44. The van der Waals surface area contributed by atoms with Crippen LogP contribution in [-0.2, 0) is 10.1 Å². The van der Waals surface area contributed by atoms with Gasteiger partial charge in [-0.1, -0.05) is 24.3 Å². The first kappa shape index (κ1) is 18.5. The first-order valence-corrected chi connectivity index (χ1v) is 10.6. The van der Waals surface area contributed by atoms with Crippen molar-refractivity contribution >= 4 is 53.7 Å². The van der Waals surface area contributed by atoms with Gasteiger partial charge in [0.15, 0.2) is 10.9 Å². The summed E-state index contributed by atoms with van der Waals surface area (Å²) in [6.45, 7) is 3.58. The molecule has 0 spiro atoms. The van der Waals surface area contributed by atoms with Gasteiger partial charge in [0, 0.05) is 21.7 Å². The maximum absolute atomic E-state index is 13.4. The van der Waals surface area contributed by atoms with Crippen molar-refractivity contribution in [3.63, 3.8) is 0 Å². The first-order valence-electron chi connectivity index (χ1n) is 9.19. The van der Waals surface area contributed by atoms with Gasteiger partial charge in [0.05, 0.1) is 21.9 Å². The van der Waals surface area contributed by atoms with E-state index in [1.807, 2.05) is 13.0 Å². The van der Waals surface area contributed by atoms with Crippen LogP contribution in [0.15, 0.2) is 56.9 Å². The van der Waals surface area contributed by atoms with Crippen LogP contribution in [-0.4, -0.2) is 22.9 Å². The highest BCUT2D eigenvalue weighted by atomic mass is 32.2. The molecule has 3 N–H and O–H groups in total. The average Bonchev–Trinajstić information content (AvgIpc) is 2.69. The predicted molar refractivity (Wildman–Crippen MR) is 117 cm³/mol. The van der Waals surface area contributed by atoms with E-state index < -0.39 is 25.9 Å². The summed E-state index contributed by atoms with van der Waals surface area (Å²) in [7, 11) is -4.85. The van der Waals surface area contributed by atoms with Crippen LogP contribution in [0.3, 0.4) is 0 Å². The number of aromatic nitrogens is 2. The first-order chi connectivity index (χ1) is 14.2. The third-order valence-corrected chi connectivity index (χ3v) is 6.48. The molecule has 3 aromatic carbocycles. The maximum Gasteiger partial charge on any atom is 0.297 e. The molecule has 0 radical (unpaired) electrons. The molecule has 0 saturated heterocycles. The second-order valence-corrected chi connectivity index (χ2v) is 8.79. The molecule has 2 aromatic heterocycles. The molecule has 0 fully saturated rings. The van der Waals surface area contributed by atoms with Gasteiger partial charge in [-0.15, -0.1) is 0 Å². The number of rotatable bonds is 1. The largest absolute Gasteiger partial charge is 0.354 e. The van der Waals surface area contributed by atoms with Crippen molar-refractivity contribution in [2.24, 2.45) is 0 Å². The number of fused-ring (bicyclic) bond motifs is 4. The minimum absolute atomic E-state index is 0.0640. The molecule has 8 heteroatoms. The zero-order valence-corrected chi connectivity index (χ0v) is 16.8. The quantitative estimate of drug-likeness (QED) is 0.283. The van der Waals surface area contributed by atoms with Crippen molar-refractivity contribution < 1.29 is 13.0 Å². The molecule has 0 aliphatic carbocycles. The van der Waals surface area contributed by atoms with Crippen LogP contribution in [0.25, 0.3) is 43.6 Å². The van der Waals surface area contributed by atoms with Crippen LogP contribution in [0.4, 0.5) is 0 Å². The number of para-hydroxylation sites is 1. The van der Waals surface area contributed by atoms with Gasteiger partial charge in [0.1, 0.15) is 4.90 Å². The molecule has 150 valence electrons. The summed E-state index contributed by atoms with van der Waals surface area (Å²) in [4.78, 5) is 32.0. The summed E-state index contributed by atoms with van der Waals surface area (Å²) in [5, 5.41) is 0.599. The second kappa shape index (κ2) is 6.01. The van der Waals surface area contributed by atoms with Crippen molar-refractivity contribution in [2.45, 2.75) is 18.7 Å². The summed E-state index contributed by atoms with van der Waals surface area (Å²) in [5.74, 6) is 0. The normalized spacial score (nSPS) is 12.4. The Morgan fingerprint density at radius 2 is 1.43 bits per heavy atom. The molecular weight excluding hydrogens is 404 g/mol. The van der Waals surface area contributed by atoms with E-state index in [1.165, 1.54) is 6.07 Å². The van der Waals surface area contributed by atoms with E-state index in [4.69, 9.17) is 0 Å². The fraction of sp³-hybridized carbons (Fsp3) is 0.0909. The van der Waals surface area contributed by atoms with E-state index in [1.54, 1.807) is 37.3 Å². The lowest BCUT2D eigenvalue weighted by molar-refractivity contribution is 0.485. The van der Waals surface area contributed by atoms with Gasteiger partial charge < -0.3 is 9.97 Å². The fourth-order valence-electron chi connectivity index (χ4n) is 4.14. The fourth-order valence-corrected chi connectivity index (χ4v) is 5.02. The van der Waals surface area contributed by atoms with Crippen molar-refractivity contribution in [1.29, 1.82) is 0 Å². The van der Waals surface area contributed by atoms with E-state index in [0.29, 0.717) is 27.4 Å². The Bertz CT molecular complexity index is 1780. The van der Waals surface area contributed by atoms with E-state index in [9.17, 15) is 22.6 Å². The Morgan fingerprint density at radius 3 is 2.17 bits per heavy atom. The lowest BCUT2D eigenvalue weighted by Crippen LogP contribution is -2.15. The molecule has 0 aliphatic heterocycles. The highest BCUT2D eigenvalue weighted by Crippen LogP contribution is 2.30. The van der Waals surface area contributed by atoms with E-state index >= 15 is 0 Å². The number of pyridine rings is 2. The molecule has 7 nitrogen and oxygen atoms in total. The van der Waals surface area contributed by atoms with E-state index in [0.717, 1.165) is 5.56 Å². The molecule has 0 unspecified atom stereocenters. The zero-order chi connectivity index (χ0) is 21.4. The van der Waals surface area contributed by atoms with Gasteiger partial charge in [-0.05, 0) is 43.2 Å². The van der Waals surface area contributed by atoms with Crippen LogP contribution < -0.4 is 10.9 Å². The Labute approximate surface area is 169 Å². The molecule has 0 saturated carbocycles. The van der Waals surface area contributed by atoms with E-state index in [-0.39, 0.29) is 21.8 Å². The lowest BCUT2D eigenvalue weighted by atomic mass is 10.0. The van der Waals surface area contributed by atoms with Gasteiger partial charge in [-0.3, -0.25) is 14.1 Å². The standard InChI is InChI=1S/C22H16N2O5S/c1-10-7-8-11(2)18-16(10)21(26)17-15(24-18)9-13-19(22(17)30(27,28)29)23-14-6-4-3-5-12(14)20(13)25/h3-9H,1-2H3,(H,23,25)(H,24,26)(H,27,28,29). The van der Waals surface area contributed by atoms with Crippen LogP contribution in [0.1, 0.15) is 11.1 Å². The van der Waals surface area contributed by atoms with Gasteiger partial charge in [-0.25, -0.2) is 0 Å². The van der Waals surface area contributed by atoms with Crippen LogP contribution >= 0.6 is 0 Å². The Morgan fingerprint density at radius 1 is 0.767 bits per heavy atom. The zero-order valence-electron chi connectivity index (χ0n) is 16.0. The predicted octanol–water partition coefficient (Wildman–Crippen LogP) is 3.54. The number of hydrogen-bond donors (Lipinski definition) is 3. The molecule has 0 amide bonds. The molecular formula is C22H16N2O5S. The van der Waals surface area contributed by atoms with Crippen LogP contribution in [0.2, 0.25) is 0 Å². The number of hydrogen-bond acceptors (Lipinski definition) is 4. The molecule has 5 aromatic rings. The van der Waals surface area contributed by atoms with Gasteiger partial charge in [0.2, 0.25) is 0 Å². The number of aromatic amines is 2. The summed E-state index contributed by atoms with van der Waals surface area (Å²) < 4.78 is 34.9. The third-order valence-electron chi connectivity index (χ3n) is 5.55. The summed E-state index contributed by atoms with van der Waals surface area (Å²) in [5.41, 5.74) is 1.60. The molecule has 0 bridgehead atoms. The monoisotopic (exact) mass is 420 g/mol. The topological polar surface area (TPSA) is 120 Å². The molecule has 2 heterocycles. The van der Waals surface area contributed by atoms with Gasteiger partial charge >= 0.3 is 0 Å². The highest BCUT2D eigenvalue weighted by Gasteiger charge is 2.25. The smallest absolute Gasteiger partial charge is 0.297 e. The highest BCUT2D eigenvalue weighted by molar-refractivity contribution is 7.86. The average molecular weight is 420 g/mol. The van der Waals surface area contributed by atoms with Crippen molar-refractivity contribution in [1.82, 2.24) is 9.97 Å². The van der Waals surface area contributed by atoms with Crippen LogP contribution in [0, 0.1) is 13.8 Å². The van der Waals surface area contributed by atoms with Crippen molar-refractivity contribution in [3.8, 4) is 0 Å². The molecule has 30 heavy (non-hydrogen) atoms. The van der Waals surface area contributed by atoms with Gasteiger partial charge in [0.25, 0.3) is 10.1 Å². The summed E-state index contributed by atoms with van der Waals surface area (Å²) in [6.07, 6.45) is 0. The number of aryl methyl sites for hydroxylation is 2. The van der Waals surface area contributed by atoms with Crippen LogP contribution in [0.5, 0.6) is 0 Å². The Hall–Kier alpha value is -3.49. The number of nitrogens with one attached hydrogen (secondary N) is 2.